The van der Waals surface area contributed by atoms with Crippen LogP contribution in [0, 0.1) is 11.6 Å². The summed E-state index contributed by atoms with van der Waals surface area (Å²) < 4.78 is 26.9. The Morgan fingerprint density at radius 2 is 1.70 bits per heavy atom. The third kappa shape index (κ3) is 2.93. The Labute approximate surface area is 121 Å². The molecule has 2 rings (SSSR count). The van der Waals surface area contributed by atoms with Crippen LogP contribution in [0.2, 0.25) is 0 Å². The van der Waals surface area contributed by atoms with Gasteiger partial charge in [0.25, 0.3) is 0 Å². The number of halogens is 2. The molecule has 2 nitrogen and oxygen atoms in total. The Kier molecular flexibility index (Phi) is 4.29. The predicted octanol–water partition coefficient (Wildman–Crippen LogP) is 3.76. The smallest absolute Gasteiger partial charge is 0.135 e. The van der Waals surface area contributed by atoms with Crippen LogP contribution in [0.5, 0.6) is 0 Å². The number of nitrogens with two attached hydrogens (primary N) is 1. The maximum absolute atomic E-state index is 13.9. The second-order valence-corrected chi connectivity index (χ2v) is 4.69. The third-order valence-electron chi connectivity index (χ3n) is 2.98. The molecular weight excluding hydrogens is 278 g/mol. The maximum Gasteiger partial charge on any atom is 0.135 e. The molecule has 0 aliphatic rings. The Morgan fingerprint density at radius 1 is 1.10 bits per heavy atom. The molecule has 0 saturated carbocycles. The molecular formula is C15H14F2N2S. The van der Waals surface area contributed by atoms with E-state index in [2.05, 4.69) is 0 Å². The Balaban J connectivity index is 2.39. The minimum atomic E-state index is -0.462. The molecule has 0 aliphatic heterocycles. The molecule has 5 heteroatoms. The summed E-state index contributed by atoms with van der Waals surface area (Å²) in [4.78, 5) is 1.89. The average Bonchev–Trinajstić information content (AvgIpc) is 2.41. The van der Waals surface area contributed by atoms with Crippen molar-refractivity contribution < 1.29 is 8.78 Å². The zero-order valence-electron chi connectivity index (χ0n) is 10.9. The molecule has 2 aromatic rings. The molecule has 0 fully saturated rings. The fraction of sp³-hybridized carbons (Fsp3) is 0.133. The van der Waals surface area contributed by atoms with Gasteiger partial charge in [-0.1, -0.05) is 12.2 Å². The fourth-order valence-electron chi connectivity index (χ4n) is 2.01. The number of anilines is 2. The first kappa shape index (κ1) is 14.4. The Morgan fingerprint density at radius 3 is 2.20 bits per heavy atom. The lowest BCUT2D eigenvalue weighted by Crippen LogP contribution is -2.17. The van der Waals surface area contributed by atoms with E-state index < -0.39 is 5.82 Å². The maximum atomic E-state index is 13.9. The molecule has 0 bridgehead atoms. The first-order valence-electron chi connectivity index (χ1n) is 6.15. The van der Waals surface area contributed by atoms with Gasteiger partial charge in [0.1, 0.15) is 16.6 Å². The van der Waals surface area contributed by atoms with Gasteiger partial charge in [0.2, 0.25) is 0 Å². The van der Waals surface area contributed by atoms with Gasteiger partial charge < -0.3 is 10.6 Å². The van der Waals surface area contributed by atoms with Crippen LogP contribution in [0.15, 0.2) is 42.5 Å². The van der Waals surface area contributed by atoms with Crippen LogP contribution in [0.3, 0.4) is 0 Å². The highest BCUT2D eigenvalue weighted by molar-refractivity contribution is 7.80. The Bertz CT molecular complexity index is 626. The van der Waals surface area contributed by atoms with Gasteiger partial charge >= 0.3 is 0 Å². The van der Waals surface area contributed by atoms with E-state index in [4.69, 9.17) is 18.0 Å². The molecule has 0 spiro atoms. The molecule has 104 valence electrons. The zero-order valence-corrected chi connectivity index (χ0v) is 11.8. The van der Waals surface area contributed by atoms with Crippen molar-refractivity contribution >= 4 is 28.6 Å². The quantitative estimate of drug-likeness (QED) is 0.870. The minimum absolute atomic E-state index is 0.0267. The van der Waals surface area contributed by atoms with Crippen LogP contribution in [-0.2, 0) is 0 Å². The SMILES string of the molecule is CCN(c1ccc(F)cc1)c1ccc(C(N)=S)c(F)c1. The topological polar surface area (TPSA) is 29.3 Å². The number of hydrogen-bond donors (Lipinski definition) is 1. The molecule has 0 saturated heterocycles. The van der Waals surface area contributed by atoms with Gasteiger partial charge in [-0.05, 0) is 49.4 Å². The summed E-state index contributed by atoms with van der Waals surface area (Å²) in [6, 6.07) is 10.7. The van der Waals surface area contributed by atoms with Gasteiger partial charge in [-0.2, -0.15) is 0 Å². The summed E-state index contributed by atoms with van der Waals surface area (Å²) in [6.07, 6.45) is 0. The van der Waals surface area contributed by atoms with Crippen molar-refractivity contribution in [2.24, 2.45) is 5.73 Å². The molecule has 0 aromatic heterocycles. The predicted molar refractivity (Wildman–Crippen MR) is 81.4 cm³/mol. The minimum Gasteiger partial charge on any atom is -0.389 e. The van der Waals surface area contributed by atoms with Gasteiger partial charge in [0, 0.05) is 23.5 Å². The van der Waals surface area contributed by atoms with Crippen molar-refractivity contribution in [3.8, 4) is 0 Å². The van der Waals surface area contributed by atoms with Crippen LogP contribution < -0.4 is 10.6 Å². The lowest BCUT2D eigenvalue weighted by molar-refractivity contribution is 0.624. The summed E-state index contributed by atoms with van der Waals surface area (Å²) in [5, 5.41) is 0. The summed E-state index contributed by atoms with van der Waals surface area (Å²) in [7, 11) is 0. The van der Waals surface area contributed by atoms with E-state index in [9.17, 15) is 8.78 Å². The molecule has 0 unspecified atom stereocenters. The first-order valence-corrected chi connectivity index (χ1v) is 6.56. The van der Waals surface area contributed by atoms with Crippen molar-refractivity contribution in [2.75, 3.05) is 11.4 Å². The normalized spacial score (nSPS) is 10.3. The molecule has 0 amide bonds. The van der Waals surface area contributed by atoms with E-state index in [-0.39, 0.29) is 16.4 Å². The second-order valence-electron chi connectivity index (χ2n) is 4.25. The van der Waals surface area contributed by atoms with Gasteiger partial charge in [-0.3, -0.25) is 0 Å². The van der Waals surface area contributed by atoms with Crippen molar-refractivity contribution in [1.29, 1.82) is 0 Å². The number of nitrogens with zero attached hydrogens (tertiary/aromatic N) is 1. The van der Waals surface area contributed by atoms with E-state index in [0.717, 1.165) is 5.69 Å². The van der Waals surface area contributed by atoms with Gasteiger partial charge in [0.15, 0.2) is 0 Å². The number of rotatable bonds is 4. The number of benzene rings is 2. The van der Waals surface area contributed by atoms with Crippen LogP contribution in [0.4, 0.5) is 20.2 Å². The van der Waals surface area contributed by atoms with E-state index in [1.165, 1.54) is 18.2 Å². The van der Waals surface area contributed by atoms with Gasteiger partial charge in [-0.15, -0.1) is 0 Å². The zero-order chi connectivity index (χ0) is 14.7. The molecule has 2 N–H and O–H groups in total. The highest BCUT2D eigenvalue weighted by Crippen LogP contribution is 2.26. The highest BCUT2D eigenvalue weighted by atomic mass is 32.1. The molecule has 0 radical (unpaired) electrons. The van der Waals surface area contributed by atoms with E-state index in [0.29, 0.717) is 12.2 Å². The monoisotopic (exact) mass is 292 g/mol. The molecule has 2 aromatic carbocycles. The third-order valence-corrected chi connectivity index (χ3v) is 3.20. The van der Waals surface area contributed by atoms with Crippen LogP contribution >= 0.6 is 12.2 Å². The van der Waals surface area contributed by atoms with Gasteiger partial charge in [-0.25, -0.2) is 8.78 Å². The highest BCUT2D eigenvalue weighted by Gasteiger charge is 2.11. The van der Waals surface area contributed by atoms with Crippen molar-refractivity contribution in [3.05, 3.63) is 59.7 Å². The molecule has 0 atom stereocenters. The number of thiocarbonyl (C=S) groups is 1. The largest absolute Gasteiger partial charge is 0.389 e. The van der Waals surface area contributed by atoms with Gasteiger partial charge in [0.05, 0.1) is 0 Å². The average molecular weight is 292 g/mol. The van der Waals surface area contributed by atoms with Crippen LogP contribution in [0.25, 0.3) is 0 Å². The molecule has 0 heterocycles. The first-order chi connectivity index (χ1) is 9.52. The van der Waals surface area contributed by atoms with E-state index >= 15 is 0 Å². The van der Waals surface area contributed by atoms with Crippen LogP contribution in [-0.4, -0.2) is 11.5 Å². The summed E-state index contributed by atoms with van der Waals surface area (Å²) >= 11 is 4.78. The standard InChI is InChI=1S/C15H14F2N2S/c1-2-19(11-5-3-10(16)4-6-11)12-7-8-13(15(18)20)14(17)9-12/h3-9H,2H2,1H3,(H2,18,20). The summed E-state index contributed by atoms with van der Waals surface area (Å²) in [6.45, 7) is 2.56. The van der Waals surface area contributed by atoms with Crippen molar-refractivity contribution in [2.45, 2.75) is 6.92 Å². The summed E-state index contributed by atoms with van der Waals surface area (Å²) in [5.41, 5.74) is 7.11. The van der Waals surface area contributed by atoms with E-state index in [1.807, 2.05) is 11.8 Å². The Hall–Kier alpha value is -2.01. The fourth-order valence-corrected chi connectivity index (χ4v) is 2.17. The molecule has 20 heavy (non-hydrogen) atoms. The van der Waals surface area contributed by atoms with Crippen LogP contribution in [0.1, 0.15) is 12.5 Å². The van der Waals surface area contributed by atoms with Crippen molar-refractivity contribution in [3.63, 3.8) is 0 Å². The number of hydrogen-bond acceptors (Lipinski definition) is 2. The summed E-state index contributed by atoms with van der Waals surface area (Å²) in [5.74, 6) is -0.768. The second kappa shape index (κ2) is 5.96. The van der Waals surface area contributed by atoms with E-state index in [1.54, 1.807) is 24.3 Å². The van der Waals surface area contributed by atoms with Crippen molar-refractivity contribution in [1.82, 2.24) is 0 Å². The molecule has 0 aliphatic carbocycles. The lowest BCUT2D eigenvalue weighted by Gasteiger charge is -2.23. The lowest BCUT2D eigenvalue weighted by atomic mass is 10.1.